The van der Waals surface area contributed by atoms with E-state index in [1.807, 2.05) is 0 Å². The Bertz CT molecular complexity index is 1580. The lowest BCUT2D eigenvalue weighted by atomic mass is 9.86. The van der Waals surface area contributed by atoms with E-state index in [1.165, 1.54) is 54.7 Å². The van der Waals surface area contributed by atoms with Crippen molar-refractivity contribution in [2.75, 3.05) is 0 Å². The van der Waals surface area contributed by atoms with E-state index in [0.717, 1.165) is 0 Å². The Balaban J connectivity index is 1.84. The Morgan fingerprint density at radius 3 is 1.15 bits per heavy atom. The number of aromatic nitrogens is 2. The van der Waals surface area contributed by atoms with Crippen LogP contribution < -0.4 is 0 Å². The van der Waals surface area contributed by atoms with Gasteiger partial charge < -0.3 is 0 Å². The van der Waals surface area contributed by atoms with Crippen molar-refractivity contribution >= 4 is 43.6 Å². The quantitative estimate of drug-likeness (QED) is 0.240. The van der Waals surface area contributed by atoms with Crippen molar-refractivity contribution in [2.45, 2.75) is 52.4 Å². The molecule has 0 amide bonds. The lowest BCUT2D eigenvalue weighted by Gasteiger charge is -2.21. The molecule has 2 nitrogen and oxygen atoms in total. The average molecular weight is 445 g/mol. The first kappa shape index (κ1) is 21.0. The summed E-state index contributed by atoms with van der Waals surface area (Å²) in [5, 5.41) is 5.16. The van der Waals surface area contributed by atoms with Gasteiger partial charge in [0, 0.05) is 21.5 Å². The van der Waals surface area contributed by atoms with Gasteiger partial charge in [0.1, 0.15) is 0 Å². The normalized spacial score (nSPS) is 13.0. The van der Waals surface area contributed by atoms with Gasteiger partial charge >= 0.3 is 0 Å². The van der Waals surface area contributed by atoms with E-state index in [4.69, 9.17) is 0 Å². The molecule has 6 rings (SSSR count). The predicted octanol–water partition coefficient (Wildman–Crippen LogP) is 8.81. The van der Waals surface area contributed by atoms with Crippen molar-refractivity contribution in [3.8, 4) is 0 Å². The minimum atomic E-state index is 0.0791. The molecule has 0 saturated carbocycles. The molecule has 0 saturated heterocycles. The summed E-state index contributed by atoms with van der Waals surface area (Å²) in [4.78, 5) is 0. The number of benzene rings is 4. The summed E-state index contributed by atoms with van der Waals surface area (Å²) in [7, 11) is 0. The summed E-state index contributed by atoms with van der Waals surface area (Å²) < 4.78 is 4.88. The number of fused-ring (bicyclic) bond motifs is 6. The second-order valence-electron chi connectivity index (χ2n) is 11.6. The van der Waals surface area contributed by atoms with Gasteiger partial charge in [-0.2, -0.15) is 0 Å². The third-order valence-electron chi connectivity index (χ3n) is 7.23. The zero-order valence-electron chi connectivity index (χ0n) is 21.0. The molecule has 2 aromatic heterocycles. The van der Waals surface area contributed by atoms with Gasteiger partial charge in [-0.25, -0.2) is 9.35 Å². The molecule has 170 valence electrons. The van der Waals surface area contributed by atoms with Crippen molar-refractivity contribution in [1.82, 2.24) is 9.35 Å². The van der Waals surface area contributed by atoms with Crippen LogP contribution in [0.25, 0.3) is 43.6 Å². The van der Waals surface area contributed by atoms with Crippen molar-refractivity contribution in [3.63, 3.8) is 0 Å². The van der Waals surface area contributed by atoms with E-state index in [-0.39, 0.29) is 10.8 Å². The molecule has 2 heteroatoms. The highest BCUT2D eigenvalue weighted by Gasteiger charge is 2.22. The molecular weight excluding hydrogens is 412 g/mol. The number of para-hydroxylation sites is 2. The van der Waals surface area contributed by atoms with E-state index in [1.54, 1.807) is 0 Å². The average Bonchev–Trinajstić information content (AvgIpc) is 3.29. The second-order valence-corrected chi connectivity index (χ2v) is 11.6. The molecule has 34 heavy (non-hydrogen) atoms. The molecule has 0 spiro atoms. The van der Waals surface area contributed by atoms with E-state index in [2.05, 4.69) is 136 Å². The molecule has 0 aliphatic heterocycles. The highest BCUT2D eigenvalue weighted by molar-refractivity contribution is 6.11. The van der Waals surface area contributed by atoms with Crippen LogP contribution in [0.1, 0.15) is 52.7 Å². The molecule has 0 radical (unpaired) electrons. The fourth-order valence-corrected chi connectivity index (χ4v) is 5.26. The second kappa shape index (κ2) is 6.99. The summed E-state index contributed by atoms with van der Waals surface area (Å²) in [6.07, 6.45) is 0. The Morgan fingerprint density at radius 1 is 0.412 bits per heavy atom. The SMILES string of the molecule is CC(C)(C)c1ccc2c3ccccc3n(-n3c4ccccc4c4ccc(C(C)(C)C)cc43)c2c1. The topological polar surface area (TPSA) is 9.86 Å². The Kier molecular flexibility index (Phi) is 4.33. The lowest BCUT2D eigenvalue weighted by Crippen LogP contribution is -2.13. The van der Waals surface area contributed by atoms with E-state index >= 15 is 0 Å². The number of hydrogen-bond acceptors (Lipinski definition) is 0. The molecule has 0 unspecified atom stereocenters. The van der Waals surface area contributed by atoms with Gasteiger partial charge in [0.25, 0.3) is 0 Å². The number of hydrogen-bond donors (Lipinski definition) is 0. The third-order valence-corrected chi connectivity index (χ3v) is 7.23. The van der Waals surface area contributed by atoms with Crippen LogP contribution in [0.15, 0.2) is 84.9 Å². The fourth-order valence-electron chi connectivity index (χ4n) is 5.26. The van der Waals surface area contributed by atoms with Gasteiger partial charge in [-0.1, -0.05) is 102 Å². The van der Waals surface area contributed by atoms with Crippen LogP contribution in [0.5, 0.6) is 0 Å². The summed E-state index contributed by atoms with van der Waals surface area (Å²) >= 11 is 0. The Labute approximate surface area is 201 Å². The minimum Gasteiger partial charge on any atom is -0.248 e. The lowest BCUT2D eigenvalue weighted by molar-refractivity contribution is 0.589. The van der Waals surface area contributed by atoms with Crippen LogP contribution in [0, 0.1) is 0 Å². The zero-order chi connectivity index (χ0) is 23.8. The van der Waals surface area contributed by atoms with Gasteiger partial charge in [0.2, 0.25) is 0 Å². The maximum atomic E-state index is 2.44. The van der Waals surface area contributed by atoms with Crippen molar-refractivity contribution in [1.29, 1.82) is 0 Å². The molecule has 0 atom stereocenters. The van der Waals surface area contributed by atoms with Gasteiger partial charge in [0.15, 0.2) is 0 Å². The molecule has 0 fully saturated rings. The van der Waals surface area contributed by atoms with Gasteiger partial charge in [-0.3, -0.25) is 0 Å². The van der Waals surface area contributed by atoms with Gasteiger partial charge in [0.05, 0.1) is 22.1 Å². The summed E-state index contributed by atoms with van der Waals surface area (Å²) in [5.41, 5.74) is 7.81. The Hall–Kier alpha value is -3.52. The fraction of sp³-hybridized carbons (Fsp3) is 0.250. The predicted molar refractivity (Wildman–Crippen MR) is 147 cm³/mol. The molecule has 0 aliphatic rings. The first-order chi connectivity index (χ1) is 16.1. The first-order valence-corrected chi connectivity index (χ1v) is 12.2. The Morgan fingerprint density at radius 2 is 0.765 bits per heavy atom. The smallest absolute Gasteiger partial charge is 0.0719 e. The van der Waals surface area contributed by atoms with E-state index < -0.39 is 0 Å². The van der Waals surface area contributed by atoms with Crippen molar-refractivity contribution in [2.24, 2.45) is 0 Å². The molecule has 6 aromatic rings. The van der Waals surface area contributed by atoms with Crippen LogP contribution in [-0.4, -0.2) is 9.35 Å². The maximum Gasteiger partial charge on any atom is 0.0719 e. The largest absolute Gasteiger partial charge is 0.248 e. The van der Waals surface area contributed by atoms with Gasteiger partial charge in [-0.15, -0.1) is 0 Å². The van der Waals surface area contributed by atoms with E-state index in [0.29, 0.717) is 0 Å². The maximum absolute atomic E-state index is 2.44. The highest BCUT2D eigenvalue weighted by Crippen LogP contribution is 2.38. The molecule has 0 bridgehead atoms. The molecule has 4 aromatic carbocycles. The summed E-state index contributed by atoms with van der Waals surface area (Å²) in [6, 6.07) is 31.6. The highest BCUT2D eigenvalue weighted by atomic mass is 15.5. The molecule has 2 heterocycles. The van der Waals surface area contributed by atoms with Crippen LogP contribution in [0.4, 0.5) is 0 Å². The molecule has 0 N–H and O–H groups in total. The third kappa shape index (κ3) is 3.01. The number of nitrogens with zero attached hydrogens (tertiary/aromatic N) is 2. The van der Waals surface area contributed by atoms with Gasteiger partial charge in [-0.05, 0) is 46.2 Å². The van der Waals surface area contributed by atoms with Crippen LogP contribution in [0.2, 0.25) is 0 Å². The van der Waals surface area contributed by atoms with Crippen LogP contribution >= 0.6 is 0 Å². The standard InChI is InChI=1S/C32H32N2/c1-31(2,3)21-15-17-25-23-11-7-9-13-27(23)33(29(25)19-21)34-28-14-10-8-12-24(28)26-18-16-22(20-30(26)34)32(4,5)6/h7-20H,1-6H3. The van der Waals surface area contributed by atoms with Crippen LogP contribution in [0.3, 0.4) is 0 Å². The van der Waals surface area contributed by atoms with Crippen molar-refractivity contribution in [3.05, 3.63) is 96.1 Å². The summed E-state index contributed by atoms with van der Waals surface area (Å²) in [6.45, 7) is 13.7. The zero-order valence-corrected chi connectivity index (χ0v) is 21.0. The van der Waals surface area contributed by atoms with Crippen LogP contribution in [-0.2, 0) is 10.8 Å². The molecular formula is C32H32N2. The van der Waals surface area contributed by atoms with Crippen molar-refractivity contribution < 1.29 is 0 Å². The first-order valence-electron chi connectivity index (χ1n) is 12.2. The molecule has 0 aliphatic carbocycles. The summed E-state index contributed by atoms with van der Waals surface area (Å²) in [5.74, 6) is 0. The monoisotopic (exact) mass is 444 g/mol. The minimum absolute atomic E-state index is 0.0791. The number of rotatable bonds is 1. The van der Waals surface area contributed by atoms with E-state index in [9.17, 15) is 0 Å².